The lowest BCUT2D eigenvalue weighted by Crippen LogP contribution is -2.29. The Morgan fingerprint density at radius 2 is 1.96 bits per heavy atom. The number of pyridine rings is 1. The van der Waals surface area contributed by atoms with Crippen molar-refractivity contribution < 1.29 is 4.79 Å². The Labute approximate surface area is 158 Å². The number of amides is 1. The van der Waals surface area contributed by atoms with Crippen molar-refractivity contribution in [3.05, 3.63) is 54.2 Å². The third kappa shape index (κ3) is 3.44. The largest absolute Gasteiger partial charge is 0.337 e. The lowest BCUT2D eigenvalue weighted by atomic mass is 10.0. The van der Waals surface area contributed by atoms with E-state index in [2.05, 4.69) is 19.7 Å². The molecule has 2 aliphatic rings. The van der Waals surface area contributed by atoms with Gasteiger partial charge in [-0.1, -0.05) is 24.3 Å². The number of carbonyl (C=O) groups excluding carboxylic acids is 1. The molecule has 3 aromatic rings. The molecule has 1 amide bonds. The molecule has 2 fully saturated rings. The van der Waals surface area contributed by atoms with Crippen LogP contribution >= 0.6 is 0 Å². The zero-order chi connectivity index (χ0) is 18.2. The highest BCUT2D eigenvalue weighted by atomic mass is 16.2. The molecule has 0 radical (unpaired) electrons. The van der Waals surface area contributed by atoms with E-state index in [0.717, 1.165) is 55.1 Å². The van der Waals surface area contributed by atoms with Crippen LogP contribution in [0.2, 0.25) is 0 Å². The fourth-order valence-corrected chi connectivity index (χ4v) is 3.96. The third-order valence-electron chi connectivity index (χ3n) is 5.71. The summed E-state index contributed by atoms with van der Waals surface area (Å²) in [5.41, 5.74) is 1.40. The van der Waals surface area contributed by atoms with Crippen LogP contribution in [-0.4, -0.2) is 43.6 Å². The zero-order valence-corrected chi connectivity index (χ0v) is 15.3. The van der Waals surface area contributed by atoms with E-state index in [9.17, 15) is 4.79 Å². The number of aromatic nitrogens is 4. The Hall–Kier alpha value is -2.76. The van der Waals surface area contributed by atoms with Gasteiger partial charge >= 0.3 is 0 Å². The molecule has 2 aromatic heterocycles. The van der Waals surface area contributed by atoms with Gasteiger partial charge in [0.25, 0.3) is 5.91 Å². The van der Waals surface area contributed by atoms with Crippen molar-refractivity contribution in [2.75, 3.05) is 13.1 Å². The van der Waals surface area contributed by atoms with Crippen LogP contribution < -0.4 is 0 Å². The van der Waals surface area contributed by atoms with Crippen LogP contribution in [0.5, 0.6) is 0 Å². The smallest absolute Gasteiger partial charge is 0.272 e. The van der Waals surface area contributed by atoms with Gasteiger partial charge in [0.2, 0.25) is 0 Å². The summed E-state index contributed by atoms with van der Waals surface area (Å²) < 4.78 is 2.20. The molecule has 138 valence electrons. The topological polar surface area (TPSA) is 63.9 Å². The number of benzene rings is 1. The molecule has 6 heteroatoms. The van der Waals surface area contributed by atoms with Crippen LogP contribution in [0.4, 0.5) is 0 Å². The molecule has 1 aromatic carbocycles. The maximum atomic E-state index is 12.9. The zero-order valence-electron chi connectivity index (χ0n) is 15.3. The first-order valence-corrected chi connectivity index (χ1v) is 9.78. The van der Waals surface area contributed by atoms with E-state index in [-0.39, 0.29) is 5.91 Å². The summed E-state index contributed by atoms with van der Waals surface area (Å²) in [6.07, 6.45) is 6.39. The summed E-state index contributed by atoms with van der Waals surface area (Å²) >= 11 is 0. The number of carbonyl (C=O) groups is 1. The molecule has 0 N–H and O–H groups in total. The Bertz CT molecular complexity index is 977. The Morgan fingerprint density at radius 1 is 1.07 bits per heavy atom. The first kappa shape index (κ1) is 16.4. The van der Waals surface area contributed by atoms with Gasteiger partial charge in [0.1, 0.15) is 17.8 Å². The van der Waals surface area contributed by atoms with Gasteiger partial charge in [-0.2, -0.15) is 0 Å². The van der Waals surface area contributed by atoms with Crippen molar-refractivity contribution in [3.63, 3.8) is 0 Å². The van der Waals surface area contributed by atoms with Crippen LogP contribution in [0.25, 0.3) is 10.9 Å². The summed E-state index contributed by atoms with van der Waals surface area (Å²) in [4.78, 5) is 19.4. The molecule has 0 bridgehead atoms. The molecular formula is C21H23N5O. The molecule has 5 rings (SSSR count). The third-order valence-corrected chi connectivity index (χ3v) is 5.71. The normalized spacial score (nSPS) is 19.7. The average molecular weight is 361 g/mol. The number of rotatable bonds is 5. The molecule has 27 heavy (non-hydrogen) atoms. The molecule has 1 unspecified atom stereocenters. The van der Waals surface area contributed by atoms with Gasteiger partial charge in [-0.25, -0.2) is 4.98 Å². The summed E-state index contributed by atoms with van der Waals surface area (Å²) in [6, 6.07) is 11.7. The molecule has 1 atom stereocenters. The van der Waals surface area contributed by atoms with Gasteiger partial charge in [0, 0.05) is 31.4 Å². The summed E-state index contributed by atoms with van der Waals surface area (Å²) in [7, 11) is 0. The Balaban J connectivity index is 1.25. The van der Waals surface area contributed by atoms with Crippen molar-refractivity contribution in [2.24, 2.45) is 11.8 Å². The van der Waals surface area contributed by atoms with E-state index >= 15 is 0 Å². The van der Waals surface area contributed by atoms with Crippen molar-refractivity contribution in [1.29, 1.82) is 0 Å². The summed E-state index contributed by atoms with van der Waals surface area (Å²) in [5.74, 6) is 2.34. The van der Waals surface area contributed by atoms with E-state index in [1.54, 1.807) is 0 Å². The van der Waals surface area contributed by atoms with Gasteiger partial charge in [-0.05, 0) is 43.2 Å². The van der Waals surface area contributed by atoms with Crippen molar-refractivity contribution in [2.45, 2.75) is 32.2 Å². The fourth-order valence-electron chi connectivity index (χ4n) is 3.96. The second-order valence-corrected chi connectivity index (χ2v) is 7.84. The summed E-state index contributed by atoms with van der Waals surface area (Å²) in [5, 5.41) is 9.48. The number of hydrogen-bond donors (Lipinski definition) is 0. The second kappa shape index (κ2) is 6.76. The predicted molar refractivity (Wildman–Crippen MR) is 102 cm³/mol. The van der Waals surface area contributed by atoms with Crippen LogP contribution in [0.3, 0.4) is 0 Å². The maximum Gasteiger partial charge on any atom is 0.272 e. The quantitative estimate of drug-likeness (QED) is 0.701. The number of fused-ring (bicyclic) bond motifs is 1. The minimum atomic E-state index is 0.0303. The molecule has 0 spiro atoms. The van der Waals surface area contributed by atoms with Crippen molar-refractivity contribution in [3.8, 4) is 0 Å². The van der Waals surface area contributed by atoms with Gasteiger partial charge < -0.3 is 9.47 Å². The van der Waals surface area contributed by atoms with Crippen LogP contribution in [-0.2, 0) is 13.0 Å². The minimum Gasteiger partial charge on any atom is -0.337 e. The highest BCUT2D eigenvalue weighted by Crippen LogP contribution is 2.31. The average Bonchev–Trinajstić information content (AvgIpc) is 3.21. The van der Waals surface area contributed by atoms with E-state index in [0.29, 0.717) is 11.6 Å². The molecule has 1 aliphatic heterocycles. The first-order valence-electron chi connectivity index (χ1n) is 9.78. The molecule has 1 saturated carbocycles. The molecule has 1 aliphatic carbocycles. The highest BCUT2D eigenvalue weighted by molar-refractivity contribution is 5.95. The highest BCUT2D eigenvalue weighted by Gasteiger charge is 2.29. The fraction of sp³-hybridized carbons (Fsp3) is 0.429. The molecule has 6 nitrogen and oxygen atoms in total. The molecule has 1 saturated heterocycles. The number of hydrogen-bond acceptors (Lipinski definition) is 4. The second-order valence-electron chi connectivity index (χ2n) is 7.84. The Morgan fingerprint density at radius 3 is 2.85 bits per heavy atom. The van der Waals surface area contributed by atoms with Crippen LogP contribution in [0.1, 0.15) is 35.6 Å². The van der Waals surface area contributed by atoms with Gasteiger partial charge in [-0.15, -0.1) is 10.2 Å². The van der Waals surface area contributed by atoms with Gasteiger partial charge in [0.05, 0.1) is 5.52 Å². The maximum absolute atomic E-state index is 12.9. The SMILES string of the molecule is O=C(c1ccc2ccccc2n1)N1CCC(Cc2nncn2CC2CC2)C1. The lowest BCUT2D eigenvalue weighted by Gasteiger charge is -2.16. The monoisotopic (exact) mass is 361 g/mol. The first-order chi connectivity index (χ1) is 13.3. The van der Waals surface area contributed by atoms with Crippen molar-refractivity contribution >= 4 is 16.8 Å². The number of nitrogens with zero attached hydrogens (tertiary/aromatic N) is 5. The standard InChI is InChI=1S/C21H23N5O/c27-21(19-8-7-17-3-1-2-4-18(17)23-19)25-10-9-16(13-25)11-20-24-22-14-26(20)12-15-5-6-15/h1-4,7-8,14-16H,5-6,9-13H2. The van der Waals surface area contributed by atoms with Gasteiger partial charge in [-0.3, -0.25) is 4.79 Å². The number of para-hydroxylation sites is 1. The number of likely N-dealkylation sites (tertiary alicyclic amines) is 1. The van der Waals surface area contributed by atoms with Crippen LogP contribution in [0, 0.1) is 11.8 Å². The predicted octanol–water partition coefficient (Wildman–Crippen LogP) is 2.94. The van der Waals surface area contributed by atoms with Gasteiger partial charge in [0.15, 0.2) is 0 Å². The lowest BCUT2D eigenvalue weighted by molar-refractivity contribution is 0.0781. The van der Waals surface area contributed by atoms with Crippen molar-refractivity contribution in [1.82, 2.24) is 24.6 Å². The minimum absolute atomic E-state index is 0.0303. The van der Waals surface area contributed by atoms with E-state index in [1.165, 1.54) is 12.8 Å². The molecular weight excluding hydrogens is 338 g/mol. The Kier molecular flexibility index (Phi) is 4.11. The van der Waals surface area contributed by atoms with E-state index in [1.807, 2.05) is 47.6 Å². The van der Waals surface area contributed by atoms with Crippen LogP contribution in [0.15, 0.2) is 42.7 Å². The molecule has 3 heterocycles. The van der Waals surface area contributed by atoms with E-state index in [4.69, 9.17) is 0 Å². The summed E-state index contributed by atoms with van der Waals surface area (Å²) in [6.45, 7) is 2.59. The van der Waals surface area contributed by atoms with E-state index < -0.39 is 0 Å².